The first kappa shape index (κ1) is 20.1. The maximum Gasteiger partial charge on any atom is 0.255 e. The molecular formula is C24H24N2O3. The standard InChI is InChI=1S/C24H24N2O3/c1-17(18-11-15-22(29-3)16-12-18)26(2)24(28)20-9-13-21(14-10-20)25-23(27)19-7-5-4-6-8-19/h4-17H,1-3H3,(H,25,27). The van der Waals surface area contributed by atoms with Gasteiger partial charge < -0.3 is 15.0 Å². The number of benzene rings is 3. The molecule has 0 aliphatic rings. The molecule has 0 aliphatic carbocycles. The molecule has 29 heavy (non-hydrogen) atoms. The van der Waals surface area contributed by atoms with Crippen LogP contribution >= 0.6 is 0 Å². The van der Waals surface area contributed by atoms with Gasteiger partial charge in [0.1, 0.15) is 5.75 Å². The molecule has 0 saturated carbocycles. The molecule has 0 saturated heterocycles. The summed E-state index contributed by atoms with van der Waals surface area (Å²) < 4.78 is 5.18. The fourth-order valence-corrected chi connectivity index (χ4v) is 2.97. The molecule has 3 aromatic carbocycles. The van der Waals surface area contributed by atoms with E-state index in [1.165, 1.54) is 0 Å². The van der Waals surface area contributed by atoms with Crippen LogP contribution in [0.3, 0.4) is 0 Å². The number of amides is 2. The molecule has 0 heterocycles. The lowest BCUT2D eigenvalue weighted by Crippen LogP contribution is -2.29. The van der Waals surface area contributed by atoms with E-state index >= 15 is 0 Å². The Hall–Kier alpha value is -3.60. The summed E-state index contributed by atoms with van der Waals surface area (Å²) in [6, 6.07) is 23.5. The van der Waals surface area contributed by atoms with Crippen molar-refractivity contribution in [1.29, 1.82) is 0 Å². The zero-order chi connectivity index (χ0) is 20.8. The summed E-state index contributed by atoms with van der Waals surface area (Å²) >= 11 is 0. The SMILES string of the molecule is COc1ccc(C(C)N(C)C(=O)c2ccc(NC(=O)c3ccccc3)cc2)cc1. The van der Waals surface area contributed by atoms with Crippen molar-refractivity contribution < 1.29 is 14.3 Å². The first-order valence-electron chi connectivity index (χ1n) is 9.37. The number of carbonyl (C=O) groups is 2. The monoisotopic (exact) mass is 388 g/mol. The van der Waals surface area contributed by atoms with Gasteiger partial charge in [-0.2, -0.15) is 0 Å². The van der Waals surface area contributed by atoms with Crippen molar-refractivity contribution in [1.82, 2.24) is 4.90 Å². The molecule has 0 aromatic heterocycles. The molecule has 1 N–H and O–H groups in total. The van der Waals surface area contributed by atoms with Crippen LogP contribution in [0.1, 0.15) is 39.2 Å². The zero-order valence-corrected chi connectivity index (χ0v) is 16.8. The van der Waals surface area contributed by atoms with E-state index in [-0.39, 0.29) is 17.9 Å². The van der Waals surface area contributed by atoms with Crippen LogP contribution in [-0.4, -0.2) is 30.9 Å². The highest BCUT2D eigenvalue weighted by Crippen LogP contribution is 2.23. The van der Waals surface area contributed by atoms with Gasteiger partial charge in [0, 0.05) is 23.9 Å². The van der Waals surface area contributed by atoms with Crippen molar-refractivity contribution in [2.45, 2.75) is 13.0 Å². The number of anilines is 1. The average Bonchev–Trinajstić information content (AvgIpc) is 2.78. The number of methoxy groups -OCH3 is 1. The van der Waals surface area contributed by atoms with E-state index in [1.54, 1.807) is 55.5 Å². The number of hydrogen-bond donors (Lipinski definition) is 1. The third-order valence-corrected chi connectivity index (χ3v) is 4.93. The normalized spacial score (nSPS) is 11.4. The van der Waals surface area contributed by atoms with Gasteiger partial charge in [-0.15, -0.1) is 0 Å². The van der Waals surface area contributed by atoms with E-state index < -0.39 is 0 Å². The Labute approximate surface area is 170 Å². The molecule has 1 atom stereocenters. The van der Waals surface area contributed by atoms with Crippen LogP contribution in [0.15, 0.2) is 78.9 Å². The molecule has 5 nitrogen and oxygen atoms in total. The molecule has 5 heteroatoms. The molecule has 3 aromatic rings. The van der Waals surface area contributed by atoms with Crippen molar-refractivity contribution in [2.24, 2.45) is 0 Å². The van der Waals surface area contributed by atoms with Gasteiger partial charge in [0.15, 0.2) is 0 Å². The largest absolute Gasteiger partial charge is 0.497 e. The van der Waals surface area contributed by atoms with Gasteiger partial charge in [0.25, 0.3) is 11.8 Å². The second-order valence-corrected chi connectivity index (χ2v) is 6.76. The Bertz CT molecular complexity index is 967. The molecule has 0 spiro atoms. The van der Waals surface area contributed by atoms with Crippen LogP contribution in [0.2, 0.25) is 0 Å². The predicted octanol–water partition coefficient (Wildman–Crippen LogP) is 4.78. The van der Waals surface area contributed by atoms with Gasteiger partial charge in [0.2, 0.25) is 0 Å². The number of rotatable bonds is 6. The van der Waals surface area contributed by atoms with Crippen molar-refractivity contribution in [3.8, 4) is 5.75 Å². The number of ether oxygens (including phenoxy) is 1. The second-order valence-electron chi connectivity index (χ2n) is 6.76. The number of nitrogens with one attached hydrogen (secondary N) is 1. The van der Waals surface area contributed by atoms with Crippen LogP contribution in [0.5, 0.6) is 5.75 Å². The Morgan fingerprint density at radius 1 is 0.862 bits per heavy atom. The molecular weight excluding hydrogens is 364 g/mol. The van der Waals surface area contributed by atoms with Gasteiger partial charge in [0.05, 0.1) is 13.2 Å². The topological polar surface area (TPSA) is 58.6 Å². The van der Waals surface area contributed by atoms with Crippen molar-refractivity contribution in [3.63, 3.8) is 0 Å². The lowest BCUT2D eigenvalue weighted by molar-refractivity contribution is 0.0742. The first-order valence-corrected chi connectivity index (χ1v) is 9.37. The fraction of sp³-hybridized carbons (Fsp3) is 0.167. The van der Waals surface area contributed by atoms with E-state index in [1.807, 2.05) is 49.4 Å². The van der Waals surface area contributed by atoms with Crippen LogP contribution in [0, 0.1) is 0 Å². The predicted molar refractivity (Wildman–Crippen MR) is 114 cm³/mol. The van der Waals surface area contributed by atoms with E-state index in [2.05, 4.69) is 5.32 Å². The summed E-state index contributed by atoms with van der Waals surface area (Å²) in [5.41, 5.74) is 2.81. The summed E-state index contributed by atoms with van der Waals surface area (Å²) in [5.74, 6) is 0.507. The smallest absolute Gasteiger partial charge is 0.255 e. The molecule has 0 aliphatic heterocycles. The summed E-state index contributed by atoms with van der Waals surface area (Å²) in [4.78, 5) is 26.8. The van der Waals surface area contributed by atoms with Crippen molar-refractivity contribution in [2.75, 3.05) is 19.5 Å². The molecule has 148 valence electrons. The van der Waals surface area contributed by atoms with Crippen LogP contribution in [0.4, 0.5) is 5.69 Å². The van der Waals surface area contributed by atoms with E-state index in [9.17, 15) is 9.59 Å². The molecule has 0 bridgehead atoms. The highest BCUT2D eigenvalue weighted by molar-refractivity contribution is 6.04. The van der Waals surface area contributed by atoms with Crippen LogP contribution in [0.25, 0.3) is 0 Å². The minimum atomic E-state index is -0.185. The number of nitrogens with zero attached hydrogens (tertiary/aromatic N) is 1. The highest BCUT2D eigenvalue weighted by Gasteiger charge is 2.19. The lowest BCUT2D eigenvalue weighted by Gasteiger charge is -2.25. The third-order valence-electron chi connectivity index (χ3n) is 4.93. The van der Waals surface area contributed by atoms with Gasteiger partial charge in [-0.1, -0.05) is 30.3 Å². The van der Waals surface area contributed by atoms with Gasteiger partial charge in [-0.05, 0) is 61.0 Å². The minimum Gasteiger partial charge on any atom is -0.497 e. The van der Waals surface area contributed by atoms with Gasteiger partial charge in [-0.25, -0.2) is 0 Å². The van der Waals surface area contributed by atoms with E-state index in [0.717, 1.165) is 11.3 Å². The molecule has 2 amide bonds. The average molecular weight is 388 g/mol. The quantitative estimate of drug-likeness (QED) is 0.661. The summed E-state index contributed by atoms with van der Waals surface area (Å²) in [6.07, 6.45) is 0. The van der Waals surface area contributed by atoms with Crippen molar-refractivity contribution in [3.05, 3.63) is 95.6 Å². The van der Waals surface area contributed by atoms with Crippen LogP contribution < -0.4 is 10.1 Å². The highest BCUT2D eigenvalue weighted by atomic mass is 16.5. The third kappa shape index (κ3) is 4.82. The lowest BCUT2D eigenvalue weighted by atomic mass is 10.1. The summed E-state index contributed by atoms with van der Waals surface area (Å²) in [7, 11) is 3.41. The molecule has 1 unspecified atom stereocenters. The number of hydrogen-bond acceptors (Lipinski definition) is 3. The van der Waals surface area contributed by atoms with Crippen LogP contribution in [-0.2, 0) is 0 Å². The summed E-state index contributed by atoms with van der Waals surface area (Å²) in [5, 5.41) is 2.84. The molecule has 0 fully saturated rings. The Balaban J connectivity index is 1.66. The van der Waals surface area contributed by atoms with E-state index in [4.69, 9.17) is 4.74 Å². The second kappa shape index (κ2) is 9.06. The van der Waals surface area contributed by atoms with Gasteiger partial charge >= 0.3 is 0 Å². The van der Waals surface area contributed by atoms with E-state index in [0.29, 0.717) is 16.8 Å². The zero-order valence-electron chi connectivity index (χ0n) is 16.8. The van der Waals surface area contributed by atoms with Gasteiger partial charge in [-0.3, -0.25) is 9.59 Å². The Kier molecular flexibility index (Phi) is 6.29. The first-order chi connectivity index (χ1) is 14.0. The maximum atomic E-state index is 12.9. The van der Waals surface area contributed by atoms with Crippen molar-refractivity contribution >= 4 is 17.5 Å². The minimum absolute atomic E-state index is 0.0887. The summed E-state index contributed by atoms with van der Waals surface area (Å²) in [6.45, 7) is 1.98. The fourth-order valence-electron chi connectivity index (χ4n) is 2.97. The molecule has 0 radical (unpaired) electrons. The Morgan fingerprint density at radius 3 is 2.07 bits per heavy atom. The maximum absolute atomic E-state index is 12.9. The number of carbonyl (C=O) groups excluding carboxylic acids is 2. The Morgan fingerprint density at radius 2 is 1.48 bits per heavy atom. The molecule has 3 rings (SSSR count).